The third-order valence-corrected chi connectivity index (χ3v) is 6.67. The van der Waals surface area contributed by atoms with Crippen molar-refractivity contribution in [1.82, 2.24) is 9.88 Å². The zero-order chi connectivity index (χ0) is 25.7. The first-order valence-electron chi connectivity index (χ1n) is 12.2. The van der Waals surface area contributed by atoms with Crippen LogP contribution in [0.3, 0.4) is 0 Å². The summed E-state index contributed by atoms with van der Waals surface area (Å²) in [5, 5.41) is 19.7. The molecule has 0 aliphatic heterocycles. The molecule has 0 unspecified atom stereocenters. The lowest BCUT2D eigenvalue weighted by Gasteiger charge is -2.34. The zero-order valence-electron chi connectivity index (χ0n) is 20.3. The predicted octanol–water partition coefficient (Wildman–Crippen LogP) is 5.74. The third-order valence-electron chi connectivity index (χ3n) is 6.67. The van der Waals surface area contributed by atoms with Gasteiger partial charge in [0, 0.05) is 23.9 Å². The molecule has 2 N–H and O–H groups in total. The van der Waals surface area contributed by atoms with Crippen molar-refractivity contribution in [3.8, 4) is 11.3 Å². The van der Waals surface area contributed by atoms with Gasteiger partial charge < -0.3 is 19.8 Å². The van der Waals surface area contributed by atoms with Gasteiger partial charge in [-0.25, -0.2) is 14.6 Å². The average Bonchev–Trinajstić information content (AvgIpc) is 3.30. The van der Waals surface area contributed by atoms with Crippen LogP contribution in [0, 0.1) is 0 Å². The Morgan fingerprint density at radius 3 is 2.47 bits per heavy atom. The molecule has 188 valence electrons. The van der Waals surface area contributed by atoms with E-state index in [4.69, 9.17) is 4.74 Å². The van der Waals surface area contributed by atoms with Crippen LogP contribution in [0.25, 0.3) is 22.2 Å². The maximum absolute atomic E-state index is 13.0. The van der Waals surface area contributed by atoms with E-state index in [0.717, 1.165) is 23.8 Å². The van der Waals surface area contributed by atoms with Crippen molar-refractivity contribution in [3.63, 3.8) is 0 Å². The number of pyridine rings is 1. The number of ether oxygens (including phenoxy) is 1. The molecule has 1 saturated carbocycles. The highest BCUT2D eigenvalue weighted by Crippen LogP contribution is 2.35. The van der Waals surface area contributed by atoms with Crippen LogP contribution in [0.5, 0.6) is 0 Å². The van der Waals surface area contributed by atoms with Gasteiger partial charge in [0.2, 0.25) is 5.91 Å². The molecule has 2 aromatic carbocycles. The topological polar surface area (TPSA) is 117 Å². The lowest BCUT2D eigenvalue weighted by atomic mass is 10.00. The normalized spacial score (nSPS) is 14.5. The maximum Gasteiger partial charge on any atom is 0.506 e. The molecule has 0 saturated heterocycles. The lowest BCUT2D eigenvalue weighted by Crippen LogP contribution is -2.46. The quantitative estimate of drug-likeness (QED) is 0.368. The largest absolute Gasteiger partial charge is 0.506 e. The van der Waals surface area contributed by atoms with Gasteiger partial charge >= 0.3 is 12.1 Å². The van der Waals surface area contributed by atoms with E-state index >= 15 is 0 Å². The van der Waals surface area contributed by atoms with Crippen LogP contribution in [0.1, 0.15) is 61.4 Å². The number of hydrogen-bond acceptors (Lipinski definition) is 5. The fourth-order valence-corrected chi connectivity index (χ4v) is 4.99. The van der Waals surface area contributed by atoms with Gasteiger partial charge in [-0.05, 0) is 61.9 Å². The first-order valence-corrected chi connectivity index (χ1v) is 12.2. The maximum atomic E-state index is 13.0. The van der Waals surface area contributed by atoms with Gasteiger partial charge in [0.1, 0.15) is 5.60 Å². The number of hydrogen-bond donors (Lipinski definition) is 2. The fraction of sp³-hybridized carbons (Fsp3) is 0.357. The molecule has 0 spiro atoms. The van der Waals surface area contributed by atoms with Gasteiger partial charge in [0.15, 0.2) is 0 Å². The van der Waals surface area contributed by atoms with Gasteiger partial charge in [-0.2, -0.15) is 0 Å². The van der Waals surface area contributed by atoms with Crippen LogP contribution in [-0.2, 0) is 16.1 Å². The lowest BCUT2D eigenvalue weighted by molar-refractivity contribution is -0.136. The number of carbonyl (C=O) groups is 3. The van der Waals surface area contributed by atoms with Gasteiger partial charge in [-0.15, -0.1) is 0 Å². The smallest absolute Gasteiger partial charge is 0.478 e. The minimum absolute atomic E-state index is 0.0309. The Balaban J connectivity index is 1.61. The number of rotatable bonds is 9. The second-order valence-corrected chi connectivity index (χ2v) is 9.33. The third kappa shape index (κ3) is 5.64. The summed E-state index contributed by atoms with van der Waals surface area (Å²) in [5.41, 5.74) is 2.06. The molecule has 8 heteroatoms. The monoisotopic (exact) mass is 490 g/mol. The van der Waals surface area contributed by atoms with E-state index in [1.807, 2.05) is 31.2 Å². The van der Waals surface area contributed by atoms with E-state index in [-0.39, 0.29) is 18.0 Å². The Labute approximate surface area is 209 Å². The van der Waals surface area contributed by atoms with Crippen LogP contribution in [0.4, 0.5) is 4.79 Å². The van der Waals surface area contributed by atoms with Crippen molar-refractivity contribution in [3.05, 3.63) is 65.7 Å². The molecule has 0 bridgehead atoms. The predicted molar refractivity (Wildman–Crippen MR) is 135 cm³/mol. The molecule has 1 aliphatic carbocycles. The second-order valence-electron chi connectivity index (χ2n) is 9.33. The fourth-order valence-electron chi connectivity index (χ4n) is 4.99. The Hall–Kier alpha value is -3.94. The summed E-state index contributed by atoms with van der Waals surface area (Å²) in [6, 6.07) is 16.2. The summed E-state index contributed by atoms with van der Waals surface area (Å²) >= 11 is 0. The molecule has 0 atom stereocenters. The summed E-state index contributed by atoms with van der Waals surface area (Å²) in [5.74, 6) is -1.04. The van der Waals surface area contributed by atoms with Crippen molar-refractivity contribution in [2.24, 2.45) is 0 Å². The molecule has 4 rings (SSSR count). The van der Waals surface area contributed by atoms with Crippen molar-refractivity contribution in [2.45, 2.75) is 57.6 Å². The highest BCUT2D eigenvalue weighted by molar-refractivity contribution is 5.96. The second kappa shape index (κ2) is 10.8. The molecule has 1 fully saturated rings. The number of carboxylic acids is 1. The number of fused-ring (bicyclic) bond motifs is 1. The summed E-state index contributed by atoms with van der Waals surface area (Å²) < 4.78 is 5.32. The highest BCUT2D eigenvalue weighted by Gasteiger charge is 2.40. The van der Waals surface area contributed by atoms with Crippen LogP contribution < -0.4 is 0 Å². The molecule has 8 nitrogen and oxygen atoms in total. The van der Waals surface area contributed by atoms with E-state index in [1.54, 1.807) is 35.2 Å². The molecule has 0 radical (unpaired) electrons. The summed E-state index contributed by atoms with van der Waals surface area (Å²) in [6.45, 7) is 2.51. The number of aromatic nitrogens is 1. The zero-order valence-corrected chi connectivity index (χ0v) is 20.3. The minimum atomic E-state index is -1.31. The molecule has 1 heterocycles. The molecule has 1 aromatic heterocycles. The molecule has 1 aliphatic rings. The summed E-state index contributed by atoms with van der Waals surface area (Å²) in [6.07, 6.45) is 2.73. The van der Waals surface area contributed by atoms with Crippen molar-refractivity contribution < 1.29 is 29.3 Å². The Morgan fingerprint density at radius 2 is 1.78 bits per heavy atom. The number of amides is 1. The first kappa shape index (κ1) is 25.2. The SMILES string of the molecule is CCCC(=O)N(Cc1ccc2nc(-c3ccccc3C(=O)O)ccc2c1)CC1(OC(=O)O)CCCC1. The Morgan fingerprint density at radius 1 is 1.03 bits per heavy atom. The Kier molecular flexibility index (Phi) is 7.52. The summed E-state index contributed by atoms with van der Waals surface area (Å²) in [4.78, 5) is 42.3. The number of carboxylic acid groups (broad SMARTS) is 2. The molecule has 1 amide bonds. The van der Waals surface area contributed by atoms with Crippen LogP contribution in [-0.4, -0.2) is 50.3 Å². The number of aromatic carboxylic acids is 1. The highest BCUT2D eigenvalue weighted by atomic mass is 16.7. The average molecular weight is 491 g/mol. The van der Waals surface area contributed by atoms with E-state index < -0.39 is 17.7 Å². The first-order chi connectivity index (χ1) is 17.3. The summed E-state index contributed by atoms with van der Waals surface area (Å²) in [7, 11) is 0. The molecule has 36 heavy (non-hydrogen) atoms. The number of carbonyl (C=O) groups excluding carboxylic acids is 1. The van der Waals surface area contributed by atoms with Crippen molar-refractivity contribution >= 4 is 28.9 Å². The molecular formula is C28H30N2O6. The Bertz CT molecular complexity index is 1280. The van der Waals surface area contributed by atoms with Crippen LogP contribution in [0.15, 0.2) is 54.6 Å². The van der Waals surface area contributed by atoms with E-state index in [0.29, 0.717) is 49.0 Å². The van der Waals surface area contributed by atoms with E-state index in [1.165, 1.54) is 0 Å². The van der Waals surface area contributed by atoms with Crippen LogP contribution in [0.2, 0.25) is 0 Å². The molecular weight excluding hydrogens is 460 g/mol. The number of nitrogens with zero attached hydrogens (tertiary/aromatic N) is 2. The minimum Gasteiger partial charge on any atom is -0.478 e. The number of benzene rings is 2. The molecule has 3 aromatic rings. The van der Waals surface area contributed by atoms with Gasteiger partial charge in [-0.1, -0.05) is 37.3 Å². The van der Waals surface area contributed by atoms with Crippen molar-refractivity contribution in [1.29, 1.82) is 0 Å². The van der Waals surface area contributed by atoms with Crippen LogP contribution >= 0.6 is 0 Å². The van der Waals surface area contributed by atoms with E-state index in [2.05, 4.69) is 4.98 Å². The standard InChI is InChI=1S/C28H30N2O6/c1-2-7-25(31)30(18-28(36-27(34)35)14-5-6-15-28)17-19-10-12-23-20(16-19)11-13-24(29-23)21-8-3-4-9-22(21)26(32)33/h3-4,8-13,16H,2,5-7,14-15,17-18H2,1H3,(H,32,33)(H,34,35). The van der Waals surface area contributed by atoms with Gasteiger partial charge in [0.05, 0.1) is 23.3 Å². The van der Waals surface area contributed by atoms with E-state index in [9.17, 15) is 24.6 Å². The van der Waals surface area contributed by atoms with Gasteiger partial charge in [-0.3, -0.25) is 4.79 Å². The van der Waals surface area contributed by atoms with Crippen molar-refractivity contribution in [2.75, 3.05) is 6.54 Å². The van der Waals surface area contributed by atoms with Gasteiger partial charge in [0.25, 0.3) is 0 Å².